The number of H-pyrrole nitrogens is 1. The van der Waals surface area contributed by atoms with Crippen molar-refractivity contribution >= 4 is 34.3 Å². The Hall–Kier alpha value is -3.12. The first kappa shape index (κ1) is 15.8. The summed E-state index contributed by atoms with van der Waals surface area (Å²) in [5, 5.41) is 0.987. The molecule has 0 saturated carbocycles. The van der Waals surface area contributed by atoms with Gasteiger partial charge in [0.2, 0.25) is 5.56 Å². The molecular formula is C17H12ClN3O3. The summed E-state index contributed by atoms with van der Waals surface area (Å²) in [6.45, 7) is 0. The molecule has 0 fully saturated rings. The van der Waals surface area contributed by atoms with Gasteiger partial charge >= 0.3 is 0 Å². The SMILES string of the molecule is O=C(NNC(=O)c1cc(=O)[nH]c2ccccc12)c1cccc(Cl)c1. The monoisotopic (exact) mass is 341 g/mol. The van der Waals surface area contributed by atoms with E-state index >= 15 is 0 Å². The van der Waals surface area contributed by atoms with Crippen LogP contribution in [0.15, 0.2) is 59.4 Å². The summed E-state index contributed by atoms with van der Waals surface area (Å²) in [5.41, 5.74) is 5.21. The lowest BCUT2D eigenvalue weighted by Crippen LogP contribution is -2.42. The van der Waals surface area contributed by atoms with Crippen LogP contribution in [0.25, 0.3) is 10.9 Å². The van der Waals surface area contributed by atoms with Crippen molar-refractivity contribution in [3.05, 3.63) is 81.1 Å². The largest absolute Gasteiger partial charge is 0.322 e. The number of fused-ring (bicyclic) bond motifs is 1. The number of nitrogens with one attached hydrogen (secondary N) is 3. The molecule has 7 heteroatoms. The second-order valence-electron chi connectivity index (χ2n) is 5.01. The maximum absolute atomic E-state index is 12.3. The predicted octanol–water partition coefficient (Wildman–Crippen LogP) is 2.26. The number of hydrogen-bond acceptors (Lipinski definition) is 3. The molecule has 120 valence electrons. The Morgan fingerprint density at radius 1 is 0.917 bits per heavy atom. The quantitative estimate of drug-likeness (QED) is 0.624. The summed E-state index contributed by atoms with van der Waals surface area (Å²) in [7, 11) is 0. The molecule has 6 nitrogen and oxygen atoms in total. The van der Waals surface area contributed by atoms with Gasteiger partial charge in [0.15, 0.2) is 0 Å². The second kappa shape index (κ2) is 6.55. The van der Waals surface area contributed by atoms with Crippen LogP contribution in [0.1, 0.15) is 20.7 Å². The van der Waals surface area contributed by atoms with Gasteiger partial charge in [-0.3, -0.25) is 25.2 Å². The summed E-state index contributed by atoms with van der Waals surface area (Å²) < 4.78 is 0. The molecule has 0 aliphatic heterocycles. The van der Waals surface area contributed by atoms with Crippen molar-refractivity contribution in [3.8, 4) is 0 Å². The highest BCUT2D eigenvalue weighted by Gasteiger charge is 2.13. The molecule has 0 aliphatic rings. The van der Waals surface area contributed by atoms with Crippen LogP contribution >= 0.6 is 11.6 Å². The second-order valence-corrected chi connectivity index (χ2v) is 5.45. The molecule has 3 aromatic rings. The molecule has 3 rings (SSSR count). The van der Waals surface area contributed by atoms with Gasteiger partial charge in [0, 0.05) is 27.6 Å². The van der Waals surface area contributed by atoms with Gasteiger partial charge in [-0.2, -0.15) is 0 Å². The highest BCUT2D eigenvalue weighted by molar-refractivity contribution is 6.31. The number of carbonyl (C=O) groups excluding carboxylic acids is 2. The van der Waals surface area contributed by atoms with E-state index in [1.165, 1.54) is 12.1 Å². The molecule has 1 heterocycles. The van der Waals surface area contributed by atoms with Crippen LogP contribution in [0.2, 0.25) is 5.02 Å². The van der Waals surface area contributed by atoms with Gasteiger partial charge in [0.25, 0.3) is 11.8 Å². The maximum atomic E-state index is 12.3. The standard InChI is InChI=1S/C17H12ClN3O3/c18-11-5-3-4-10(8-11)16(23)20-21-17(24)13-9-15(22)19-14-7-2-1-6-12(13)14/h1-9H,(H,19,22)(H,20,23)(H,21,24). The van der Waals surface area contributed by atoms with E-state index in [1.54, 1.807) is 42.5 Å². The van der Waals surface area contributed by atoms with Crippen molar-refractivity contribution in [1.82, 2.24) is 15.8 Å². The number of hydrazine groups is 1. The molecule has 0 bridgehead atoms. The fraction of sp³-hybridized carbons (Fsp3) is 0. The van der Waals surface area contributed by atoms with Crippen molar-refractivity contribution in [2.45, 2.75) is 0 Å². The van der Waals surface area contributed by atoms with Gasteiger partial charge in [0.05, 0.1) is 5.56 Å². The van der Waals surface area contributed by atoms with E-state index in [-0.39, 0.29) is 5.56 Å². The third-order valence-electron chi connectivity index (χ3n) is 3.37. The van der Waals surface area contributed by atoms with Gasteiger partial charge in [-0.25, -0.2) is 0 Å². The van der Waals surface area contributed by atoms with Crippen molar-refractivity contribution in [2.75, 3.05) is 0 Å². The Bertz CT molecular complexity index is 998. The molecule has 0 saturated heterocycles. The van der Waals surface area contributed by atoms with E-state index in [2.05, 4.69) is 15.8 Å². The summed E-state index contributed by atoms with van der Waals surface area (Å²) in [4.78, 5) is 38.6. The first-order chi connectivity index (χ1) is 11.5. The minimum absolute atomic E-state index is 0.167. The van der Waals surface area contributed by atoms with Crippen LogP contribution < -0.4 is 16.4 Å². The minimum Gasteiger partial charge on any atom is -0.322 e. The third-order valence-corrected chi connectivity index (χ3v) is 3.61. The van der Waals surface area contributed by atoms with Crippen LogP contribution in [-0.4, -0.2) is 16.8 Å². The first-order valence-electron chi connectivity index (χ1n) is 7.03. The molecule has 24 heavy (non-hydrogen) atoms. The lowest BCUT2D eigenvalue weighted by Gasteiger charge is -2.09. The molecule has 3 N–H and O–H groups in total. The van der Waals surface area contributed by atoms with Crippen LogP contribution in [0.5, 0.6) is 0 Å². The maximum Gasteiger partial charge on any atom is 0.270 e. The van der Waals surface area contributed by atoms with Crippen LogP contribution in [0, 0.1) is 0 Å². The summed E-state index contributed by atoms with van der Waals surface area (Å²) in [6, 6.07) is 14.4. The number of benzene rings is 2. The van der Waals surface area contributed by atoms with Gasteiger partial charge < -0.3 is 4.98 Å². The number of carbonyl (C=O) groups is 2. The highest BCUT2D eigenvalue weighted by Crippen LogP contribution is 2.14. The number of halogens is 1. The minimum atomic E-state index is -0.590. The Labute approximate surface area is 141 Å². The third kappa shape index (κ3) is 3.28. The average Bonchev–Trinajstić information content (AvgIpc) is 2.58. The molecular weight excluding hydrogens is 330 g/mol. The normalized spacial score (nSPS) is 10.4. The fourth-order valence-electron chi connectivity index (χ4n) is 2.28. The van der Waals surface area contributed by atoms with Gasteiger partial charge in [-0.15, -0.1) is 0 Å². The Morgan fingerprint density at radius 3 is 2.46 bits per heavy atom. The van der Waals surface area contributed by atoms with Gasteiger partial charge in [-0.1, -0.05) is 35.9 Å². The number of rotatable bonds is 2. The van der Waals surface area contributed by atoms with E-state index in [0.29, 0.717) is 21.5 Å². The lowest BCUT2D eigenvalue weighted by atomic mass is 10.1. The number of amides is 2. The summed E-state index contributed by atoms with van der Waals surface area (Å²) >= 11 is 5.82. The lowest BCUT2D eigenvalue weighted by molar-refractivity contribution is 0.0847. The van der Waals surface area contributed by atoms with E-state index < -0.39 is 17.4 Å². The zero-order valence-corrected chi connectivity index (χ0v) is 13.1. The number of aromatic amines is 1. The highest BCUT2D eigenvalue weighted by atomic mass is 35.5. The Balaban J connectivity index is 1.81. The zero-order valence-electron chi connectivity index (χ0n) is 12.3. The average molecular weight is 342 g/mol. The van der Waals surface area contributed by atoms with E-state index in [1.807, 2.05) is 0 Å². The van der Waals surface area contributed by atoms with E-state index in [4.69, 9.17) is 11.6 Å². The predicted molar refractivity (Wildman–Crippen MR) is 91.0 cm³/mol. The zero-order chi connectivity index (χ0) is 17.1. The number of para-hydroxylation sites is 1. The number of pyridine rings is 1. The molecule has 2 aromatic carbocycles. The summed E-state index contributed by atoms with van der Waals surface area (Å²) in [5.74, 6) is -1.10. The van der Waals surface area contributed by atoms with E-state index in [9.17, 15) is 14.4 Å². The first-order valence-corrected chi connectivity index (χ1v) is 7.41. The van der Waals surface area contributed by atoms with Crippen LogP contribution in [0.4, 0.5) is 0 Å². The van der Waals surface area contributed by atoms with Gasteiger partial charge in [-0.05, 0) is 24.3 Å². The summed E-state index contributed by atoms with van der Waals surface area (Å²) in [6.07, 6.45) is 0. The molecule has 2 amide bonds. The van der Waals surface area contributed by atoms with Gasteiger partial charge in [0.1, 0.15) is 0 Å². The molecule has 1 aromatic heterocycles. The van der Waals surface area contributed by atoms with Crippen molar-refractivity contribution in [2.24, 2.45) is 0 Å². The Morgan fingerprint density at radius 2 is 1.67 bits per heavy atom. The van der Waals surface area contributed by atoms with Crippen molar-refractivity contribution in [1.29, 1.82) is 0 Å². The van der Waals surface area contributed by atoms with Crippen LogP contribution in [0.3, 0.4) is 0 Å². The number of aromatic nitrogens is 1. The molecule has 0 spiro atoms. The smallest absolute Gasteiger partial charge is 0.270 e. The topological polar surface area (TPSA) is 91.1 Å². The molecule has 0 atom stereocenters. The van der Waals surface area contributed by atoms with Crippen molar-refractivity contribution in [3.63, 3.8) is 0 Å². The van der Waals surface area contributed by atoms with E-state index in [0.717, 1.165) is 0 Å². The molecule has 0 unspecified atom stereocenters. The molecule has 0 aliphatic carbocycles. The number of hydrogen-bond donors (Lipinski definition) is 3. The Kier molecular flexibility index (Phi) is 4.31. The molecule has 0 radical (unpaired) electrons. The fourth-order valence-corrected chi connectivity index (χ4v) is 2.47. The van der Waals surface area contributed by atoms with Crippen molar-refractivity contribution < 1.29 is 9.59 Å². The van der Waals surface area contributed by atoms with Crippen LogP contribution in [-0.2, 0) is 0 Å².